The lowest BCUT2D eigenvalue weighted by Crippen LogP contribution is -2.06. The standard InChI is InChI=1S/C26H21N9/c27-24-20(3-1-10-29-24)25-31-21-7-9-23(34-13-2-11-30-34)32-26(21)35(25)18-5-6-19-17(15-18)4-8-22(19)33-14-12-28-16-33/h1-3,5-7,9-16,22H,4,8H2,(H2,27,29)/t22-/m0/s1. The smallest absolute Gasteiger partial charge is 0.167 e. The number of nitrogens with two attached hydrogens (primary N) is 1. The van der Waals surface area contributed by atoms with Crippen LogP contribution in [0.5, 0.6) is 0 Å². The van der Waals surface area contributed by atoms with Gasteiger partial charge in [-0.1, -0.05) is 6.07 Å². The third kappa shape index (κ3) is 3.12. The largest absolute Gasteiger partial charge is 0.383 e. The first-order chi connectivity index (χ1) is 17.3. The second-order valence-electron chi connectivity index (χ2n) is 8.62. The average molecular weight is 460 g/mol. The zero-order valence-corrected chi connectivity index (χ0v) is 18.7. The number of fused-ring (bicyclic) bond motifs is 2. The summed E-state index contributed by atoms with van der Waals surface area (Å²) in [5.74, 6) is 1.85. The summed E-state index contributed by atoms with van der Waals surface area (Å²) in [7, 11) is 0. The predicted molar refractivity (Wildman–Crippen MR) is 132 cm³/mol. The molecule has 1 aliphatic rings. The topological polar surface area (TPSA) is 105 Å². The molecule has 1 aliphatic carbocycles. The fourth-order valence-corrected chi connectivity index (χ4v) is 5.00. The second kappa shape index (κ2) is 7.63. The van der Waals surface area contributed by atoms with Crippen molar-refractivity contribution in [3.63, 3.8) is 0 Å². The summed E-state index contributed by atoms with van der Waals surface area (Å²) in [6.07, 6.45) is 13.1. The first kappa shape index (κ1) is 19.7. The van der Waals surface area contributed by atoms with Gasteiger partial charge >= 0.3 is 0 Å². The van der Waals surface area contributed by atoms with Crippen molar-refractivity contribution in [2.24, 2.45) is 0 Å². The van der Waals surface area contributed by atoms with E-state index in [2.05, 4.69) is 42.4 Å². The molecule has 9 nitrogen and oxygen atoms in total. The molecule has 0 saturated heterocycles. The van der Waals surface area contributed by atoms with Crippen LogP contribution in [0, 0.1) is 0 Å². The summed E-state index contributed by atoms with van der Waals surface area (Å²) in [6.45, 7) is 0. The molecule has 5 aromatic heterocycles. The number of nitrogen functional groups attached to an aromatic ring is 1. The normalized spacial score (nSPS) is 15.0. The van der Waals surface area contributed by atoms with Crippen LogP contribution in [-0.2, 0) is 6.42 Å². The molecule has 0 radical (unpaired) electrons. The van der Waals surface area contributed by atoms with Gasteiger partial charge in [0.15, 0.2) is 17.3 Å². The van der Waals surface area contributed by atoms with E-state index in [1.54, 1.807) is 17.1 Å². The number of imidazole rings is 2. The van der Waals surface area contributed by atoms with E-state index in [4.69, 9.17) is 15.7 Å². The summed E-state index contributed by atoms with van der Waals surface area (Å²) in [4.78, 5) is 18.4. The minimum atomic E-state index is 0.305. The maximum Gasteiger partial charge on any atom is 0.167 e. The van der Waals surface area contributed by atoms with E-state index in [0.717, 1.165) is 41.1 Å². The SMILES string of the molecule is Nc1ncccc1-c1nc2ccc(-n3cccn3)nc2n1-c1ccc2c(c1)CC[C@@H]2n1ccnc1. The minimum Gasteiger partial charge on any atom is -0.383 e. The first-order valence-corrected chi connectivity index (χ1v) is 11.5. The van der Waals surface area contributed by atoms with Gasteiger partial charge in [-0.2, -0.15) is 5.10 Å². The molecule has 0 bridgehead atoms. The summed E-state index contributed by atoms with van der Waals surface area (Å²) in [5.41, 5.74) is 12.2. The molecule has 7 rings (SSSR count). The monoisotopic (exact) mass is 459 g/mol. The number of aromatic nitrogens is 8. The number of rotatable bonds is 4. The Labute approximate surface area is 200 Å². The molecule has 0 amide bonds. The van der Waals surface area contributed by atoms with Crippen molar-refractivity contribution in [2.75, 3.05) is 5.73 Å². The summed E-state index contributed by atoms with van der Waals surface area (Å²) in [5, 5.41) is 4.34. The molecule has 6 aromatic rings. The molecular formula is C26H21N9. The van der Waals surface area contributed by atoms with Crippen LogP contribution < -0.4 is 5.73 Å². The van der Waals surface area contributed by atoms with E-state index >= 15 is 0 Å². The van der Waals surface area contributed by atoms with Crippen LogP contribution in [0.2, 0.25) is 0 Å². The van der Waals surface area contributed by atoms with Gasteiger partial charge in [0.1, 0.15) is 11.3 Å². The van der Waals surface area contributed by atoms with Crippen LogP contribution in [0.15, 0.2) is 85.8 Å². The van der Waals surface area contributed by atoms with Gasteiger partial charge < -0.3 is 10.3 Å². The van der Waals surface area contributed by atoms with Gasteiger partial charge in [0, 0.05) is 36.7 Å². The highest BCUT2D eigenvalue weighted by Crippen LogP contribution is 2.37. The van der Waals surface area contributed by atoms with E-state index in [1.165, 1.54) is 11.1 Å². The van der Waals surface area contributed by atoms with Gasteiger partial charge in [0.25, 0.3) is 0 Å². The number of anilines is 1. The molecule has 1 aromatic carbocycles. The molecule has 0 saturated carbocycles. The maximum atomic E-state index is 6.28. The second-order valence-corrected chi connectivity index (χ2v) is 8.62. The van der Waals surface area contributed by atoms with Crippen LogP contribution in [0.1, 0.15) is 23.6 Å². The van der Waals surface area contributed by atoms with E-state index in [-0.39, 0.29) is 0 Å². The number of aryl methyl sites for hydroxylation is 1. The van der Waals surface area contributed by atoms with Crippen LogP contribution in [0.25, 0.3) is 34.1 Å². The lowest BCUT2D eigenvalue weighted by molar-refractivity contribution is 0.579. The Bertz CT molecular complexity index is 1660. The third-order valence-electron chi connectivity index (χ3n) is 6.62. The van der Waals surface area contributed by atoms with E-state index in [9.17, 15) is 0 Å². The van der Waals surface area contributed by atoms with Gasteiger partial charge in [0.2, 0.25) is 0 Å². The quantitative estimate of drug-likeness (QED) is 0.427. The molecule has 0 unspecified atom stereocenters. The number of benzene rings is 1. The highest BCUT2D eigenvalue weighted by atomic mass is 15.3. The van der Waals surface area contributed by atoms with Gasteiger partial charge in [0.05, 0.1) is 17.9 Å². The Balaban J connectivity index is 1.44. The van der Waals surface area contributed by atoms with Gasteiger partial charge in [-0.3, -0.25) is 4.57 Å². The van der Waals surface area contributed by atoms with E-state index in [0.29, 0.717) is 17.7 Å². The van der Waals surface area contributed by atoms with Crippen LogP contribution in [0.3, 0.4) is 0 Å². The molecule has 9 heteroatoms. The van der Waals surface area contributed by atoms with Crippen molar-refractivity contribution >= 4 is 17.0 Å². The molecule has 0 spiro atoms. The van der Waals surface area contributed by atoms with Crippen LogP contribution in [0.4, 0.5) is 5.82 Å². The number of hydrogen-bond acceptors (Lipinski definition) is 6. The molecule has 5 heterocycles. The number of nitrogens with zero attached hydrogens (tertiary/aromatic N) is 8. The van der Waals surface area contributed by atoms with Crippen LogP contribution in [-0.4, -0.2) is 38.9 Å². The molecule has 0 fully saturated rings. The average Bonchev–Trinajstić information content (AvgIpc) is 3.69. The first-order valence-electron chi connectivity index (χ1n) is 11.5. The molecular weight excluding hydrogens is 438 g/mol. The minimum absolute atomic E-state index is 0.305. The van der Waals surface area contributed by atoms with Crippen molar-refractivity contribution in [2.45, 2.75) is 18.9 Å². The van der Waals surface area contributed by atoms with Crippen molar-refractivity contribution in [3.8, 4) is 22.9 Å². The summed E-state index contributed by atoms with van der Waals surface area (Å²) >= 11 is 0. The lowest BCUT2D eigenvalue weighted by atomic mass is 10.1. The Kier molecular flexibility index (Phi) is 4.28. The zero-order valence-electron chi connectivity index (χ0n) is 18.7. The molecule has 35 heavy (non-hydrogen) atoms. The highest BCUT2D eigenvalue weighted by molar-refractivity contribution is 5.83. The summed E-state index contributed by atoms with van der Waals surface area (Å²) < 4.78 is 5.99. The van der Waals surface area contributed by atoms with Crippen molar-refractivity contribution in [1.29, 1.82) is 0 Å². The number of pyridine rings is 2. The van der Waals surface area contributed by atoms with Crippen molar-refractivity contribution in [1.82, 2.24) is 38.9 Å². The van der Waals surface area contributed by atoms with E-state index < -0.39 is 0 Å². The van der Waals surface area contributed by atoms with Gasteiger partial charge in [-0.25, -0.2) is 24.6 Å². The lowest BCUT2D eigenvalue weighted by Gasteiger charge is -2.15. The van der Waals surface area contributed by atoms with Crippen LogP contribution >= 0.6 is 0 Å². The molecule has 170 valence electrons. The fourth-order valence-electron chi connectivity index (χ4n) is 5.00. The Morgan fingerprint density at radius 1 is 0.943 bits per heavy atom. The Hall–Kier alpha value is -4.79. The Morgan fingerprint density at radius 2 is 1.91 bits per heavy atom. The Morgan fingerprint density at radius 3 is 2.74 bits per heavy atom. The van der Waals surface area contributed by atoms with E-state index in [1.807, 2.05) is 55.2 Å². The highest BCUT2D eigenvalue weighted by Gasteiger charge is 2.25. The molecule has 2 N–H and O–H groups in total. The fraction of sp³-hybridized carbons (Fsp3) is 0.115. The number of hydrogen-bond donors (Lipinski definition) is 1. The predicted octanol–water partition coefficient (Wildman–Crippen LogP) is 3.98. The van der Waals surface area contributed by atoms with Crippen molar-refractivity contribution in [3.05, 3.63) is 97.0 Å². The maximum absolute atomic E-state index is 6.28. The summed E-state index contributed by atoms with van der Waals surface area (Å²) in [6, 6.07) is 16.5. The zero-order chi connectivity index (χ0) is 23.4. The third-order valence-corrected chi connectivity index (χ3v) is 6.62. The molecule has 1 atom stereocenters. The van der Waals surface area contributed by atoms with Gasteiger partial charge in [-0.05, 0) is 66.4 Å². The van der Waals surface area contributed by atoms with Gasteiger partial charge in [-0.15, -0.1) is 0 Å². The van der Waals surface area contributed by atoms with Crippen molar-refractivity contribution < 1.29 is 0 Å². The molecule has 0 aliphatic heterocycles.